The van der Waals surface area contributed by atoms with Crippen LogP contribution in [0.3, 0.4) is 0 Å². The number of benzene rings is 1. The molecule has 0 aliphatic heterocycles. The Morgan fingerprint density at radius 2 is 1.44 bits per heavy atom. The Morgan fingerprint density at radius 1 is 0.840 bits per heavy atom. The Labute approximate surface area is 151 Å². The maximum Gasteiger partial charge on any atom is 0.269 e. The lowest BCUT2D eigenvalue weighted by atomic mass is 9.74. The van der Waals surface area contributed by atoms with Crippen molar-refractivity contribution in [3.63, 3.8) is 0 Å². The molecule has 0 bridgehead atoms. The van der Waals surface area contributed by atoms with E-state index in [9.17, 15) is 8.78 Å². The second kappa shape index (κ2) is 8.96. The van der Waals surface area contributed by atoms with Crippen molar-refractivity contribution in [3.05, 3.63) is 47.0 Å². The van der Waals surface area contributed by atoms with Crippen molar-refractivity contribution in [1.82, 2.24) is 0 Å². The van der Waals surface area contributed by atoms with Crippen LogP contribution in [0.5, 0.6) is 0 Å². The van der Waals surface area contributed by atoms with Crippen LogP contribution in [0.4, 0.5) is 8.78 Å². The third-order valence-corrected chi connectivity index (χ3v) is 6.44. The van der Waals surface area contributed by atoms with Gasteiger partial charge in [0.1, 0.15) is 0 Å². The molecule has 1 aromatic rings. The van der Waals surface area contributed by atoms with E-state index in [-0.39, 0.29) is 0 Å². The number of hydrogen-bond donors (Lipinski definition) is 0. The molecule has 0 N–H and O–H groups in total. The van der Waals surface area contributed by atoms with Gasteiger partial charge in [0, 0.05) is 0 Å². The maximum absolute atomic E-state index is 12.5. The first-order valence-electron chi connectivity index (χ1n) is 10.3. The molecule has 0 amide bonds. The Bertz CT molecular complexity index is 552. The van der Waals surface area contributed by atoms with Crippen LogP contribution in [0.15, 0.2) is 35.9 Å². The third kappa shape index (κ3) is 4.92. The van der Waals surface area contributed by atoms with Crippen molar-refractivity contribution < 1.29 is 8.78 Å². The maximum atomic E-state index is 12.5. The summed E-state index contributed by atoms with van der Waals surface area (Å²) in [5, 5.41) is 0. The fourth-order valence-electron chi connectivity index (χ4n) is 4.61. The van der Waals surface area contributed by atoms with Crippen LogP contribution in [0.2, 0.25) is 0 Å². The van der Waals surface area contributed by atoms with Crippen LogP contribution in [-0.4, -0.2) is 0 Å². The Morgan fingerprint density at radius 3 is 2.00 bits per heavy atom. The molecule has 0 spiro atoms. The monoisotopic (exact) mass is 346 g/mol. The molecule has 2 fully saturated rings. The quantitative estimate of drug-likeness (QED) is 0.439. The molecule has 0 radical (unpaired) electrons. The highest BCUT2D eigenvalue weighted by Gasteiger charge is 2.28. The number of rotatable bonds is 7. The molecule has 3 rings (SSSR count). The van der Waals surface area contributed by atoms with E-state index in [1.807, 2.05) is 0 Å². The summed E-state index contributed by atoms with van der Waals surface area (Å²) in [5.41, 5.74) is 3.05. The second-order valence-electron chi connectivity index (χ2n) is 8.20. The zero-order chi connectivity index (χ0) is 17.6. The van der Waals surface area contributed by atoms with Gasteiger partial charge in [0.25, 0.3) is 6.08 Å². The molecular formula is C23H32F2. The number of halogens is 2. The third-order valence-electron chi connectivity index (χ3n) is 6.44. The lowest BCUT2D eigenvalue weighted by Gasteiger charge is -2.30. The Hall–Kier alpha value is -1.18. The van der Waals surface area contributed by atoms with Crippen LogP contribution in [0.1, 0.15) is 101 Å². The van der Waals surface area contributed by atoms with Gasteiger partial charge in [0.2, 0.25) is 0 Å². The molecular weight excluding hydrogens is 314 g/mol. The highest BCUT2D eigenvalue weighted by Crippen LogP contribution is 2.44. The second-order valence-corrected chi connectivity index (χ2v) is 8.20. The van der Waals surface area contributed by atoms with E-state index < -0.39 is 6.08 Å². The summed E-state index contributed by atoms with van der Waals surface area (Å²) in [6.45, 7) is 2.27. The molecule has 2 aliphatic rings. The zero-order valence-electron chi connectivity index (χ0n) is 15.6. The van der Waals surface area contributed by atoms with Gasteiger partial charge in [-0.3, -0.25) is 0 Å². The van der Waals surface area contributed by atoms with Crippen molar-refractivity contribution in [2.45, 2.75) is 89.4 Å². The van der Waals surface area contributed by atoms with E-state index in [1.54, 1.807) is 0 Å². The highest BCUT2D eigenvalue weighted by molar-refractivity contribution is 5.33. The molecule has 0 aromatic heterocycles. The summed E-state index contributed by atoms with van der Waals surface area (Å²) >= 11 is 0. The molecule has 138 valence electrons. The van der Waals surface area contributed by atoms with Crippen molar-refractivity contribution >= 4 is 0 Å². The molecule has 1 aromatic carbocycles. The molecule has 0 atom stereocenters. The van der Waals surface area contributed by atoms with Crippen LogP contribution < -0.4 is 0 Å². The van der Waals surface area contributed by atoms with E-state index >= 15 is 0 Å². The van der Waals surface area contributed by atoms with Crippen LogP contribution in [-0.2, 0) is 0 Å². The summed E-state index contributed by atoms with van der Waals surface area (Å²) in [6, 6.07) is 8.89. The zero-order valence-corrected chi connectivity index (χ0v) is 15.6. The van der Waals surface area contributed by atoms with Crippen LogP contribution in [0.25, 0.3) is 0 Å². The summed E-state index contributed by atoms with van der Waals surface area (Å²) in [4.78, 5) is 0. The average molecular weight is 347 g/mol. The summed E-state index contributed by atoms with van der Waals surface area (Å²) < 4.78 is 25.0. The van der Waals surface area contributed by atoms with Gasteiger partial charge in [-0.25, -0.2) is 0 Å². The van der Waals surface area contributed by atoms with Crippen molar-refractivity contribution in [2.75, 3.05) is 0 Å². The topological polar surface area (TPSA) is 0 Å². The first-order chi connectivity index (χ1) is 12.2. The first-order valence-corrected chi connectivity index (χ1v) is 10.3. The first kappa shape index (κ1) is 18.6. The molecule has 2 aliphatic carbocycles. The number of allylic oxidation sites excluding steroid dienone is 1. The molecule has 0 heterocycles. The normalized spacial score (nSPS) is 26.4. The lowest BCUT2D eigenvalue weighted by molar-refractivity contribution is 0.302. The minimum absolute atomic E-state index is 0.310. The van der Waals surface area contributed by atoms with Gasteiger partial charge >= 0.3 is 0 Å². The Balaban J connectivity index is 1.44. The van der Waals surface area contributed by atoms with Gasteiger partial charge in [-0.15, -0.1) is 0 Å². The average Bonchev–Trinajstić information content (AvgIpc) is 2.58. The number of unbranched alkanes of at least 4 members (excludes halogenated alkanes) is 3. The molecule has 25 heavy (non-hydrogen) atoms. The smallest absolute Gasteiger partial charge is 0.173 e. The molecule has 0 nitrogen and oxygen atoms in total. The minimum Gasteiger partial charge on any atom is -0.173 e. The van der Waals surface area contributed by atoms with Gasteiger partial charge < -0.3 is 0 Å². The van der Waals surface area contributed by atoms with E-state index in [0.717, 1.165) is 5.92 Å². The molecule has 2 heteroatoms. The van der Waals surface area contributed by atoms with Gasteiger partial charge in [0.05, 0.1) is 0 Å². The number of hydrogen-bond acceptors (Lipinski definition) is 0. The van der Waals surface area contributed by atoms with Gasteiger partial charge in [-0.1, -0.05) is 63.3 Å². The van der Waals surface area contributed by atoms with E-state index in [0.29, 0.717) is 30.3 Å². The standard InChI is InChI=1S/C23H32F2/c1-2-3-4-5-6-17-7-9-18(10-8-17)19-11-13-20(14-12-19)21-15-22(16-21)23(24)25/h11-14,17-18,21H,2-10,15-16H2,1H3. The highest BCUT2D eigenvalue weighted by atomic mass is 19.3. The van der Waals surface area contributed by atoms with Crippen molar-refractivity contribution in [3.8, 4) is 0 Å². The van der Waals surface area contributed by atoms with Crippen LogP contribution in [0, 0.1) is 5.92 Å². The molecule has 0 unspecified atom stereocenters. The van der Waals surface area contributed by atoms with Crippen molar-refractivity contribution in [2.24, 2.45) is 5.92 Å². The Kier molecular flexibility index (Phi) is 6.67. The summed E-state index contributed by atoms with van der Waals surface area (Å²) in [6.07, 6.45) is 12.0. The predicted octanol–water partition coefficient (Wildman–Crippen LogP) is 7.96. The van der Waals surface area contributed by atoms with Crippen LogP contribution >= 0.6 is 0 Å². The fraction of sp³-hybridized carbons (Fsp3) is 0.652. The minimum atomic E-state index is -1.46. The fourth-order valence-corrected chi connectivity index (χ4v) is 4.61. The summed E-state index contributed by atoms with van der Waals surface area (Å²) in [7, 11) is 0. The van der Waals surface area contributed by atoms with Gasteiger partial charge in [0.15, 0.2) is 0 Å². The summed E-state index contributed by atoms with van der Waals surface area (Å²) in [5.74, 6) is 1.97. The predicted molar refractivity (Wildman–Crippen MR) is 101 cm³/mol. The van der Waals surface area contributed by atoms with E-state index in [2.05, 4.69) is 31.2 Å². The lowest BCUT2D eigenvalue weighted by Crippen LogP contribution is -2.15. The van der Waals surface area contributed by atoms with E-state index in [1.165, 1.54) is 68.9 Å². The van der Waals surface area contributed by atoms with Gasteiger partial charge in [-0.2, -0.15) is 8.78 Å². The SMILES string of the molecule is CCCCCCC1CCC(c2ccc(C3CC(=C(F)F)C3)cc2)CC1. The van der Waals surface area contributed by atoms with Gasteiger partial charge in [-0.05, 0) is 73.0 Å². The van der Waals surface area contributed by atoms with E-state index in [4.69, 9.17) is 0 Å². The molecule has 2 saturated carbocycles. The van der Waals surface area contributed by atoms with Crippen molar-refractivity contribution in [1.29, 1.82) is 0 Å². The molecule has 0 saturated heterocycles. The largest absolute Gasteiger partial charge is 0.269 e.